The van der Waals surface area contributed by atoms with Crippen LogP contribution in [0.4, 0.5) is 11.4 Å². The van der Waals surface area contributed by atoms with Gasteiger partial charge in [-0.3, -0.25) is 20.2 Å². The summed E-state index contributed by atoms with van der Waals surface area (Å²) in [5.74, 6) is 4.99. The van der Waals surface area contributed by atoms with Crippen LogP contribution in [0.5, 0.6) is 23.0 Å². The standard InChI is InChI=1S/C44H52N2O6/c1-2-3-4-5-6-7-8-33-9-11-34(12-10-33)35-29-31-44(32-30-35,36-13-21-40(22-14-36)51-42-25-17-38(18-26-42)45(47)48)37-15-23-41(24-16-37)52-43-27-19-39(20-28-43)46(49)50/h13-28,33-35H,2-12,29-32H2,1H3/t33-,34+. The van der Waals surface area contributed by atoms with Gasteiger partial charge >= 0.3 is 0 Å². The highest BCUT2D eigenvalue weighted by molar-refractivity contribution is 5.46. The molecular formula is C44H52N2O6. The summed E-state index contributed by atoms with van der Waals surface area (Å²) < 4.78 is 12.1. The number of benzene rings is 4. The number of rotatable bonds is 16. The summed E-state index contributed by atoms with van der Waals surface area (Å²) in [4.78, 5) is 21.3. The molecule has 0 N–H and O–H groups in total. The van der Waals surface area contributed by atoms with Gasteiger partial charge in [-0.2, -0.15) is 0 Å². The van der Waals surface area contributed by atoms with E-state index in [9.17, 15) is 20.2 Å². The fourth-order valence-corrected chi connectivity index (χ4v) is 8.74. The van der Waals surface area contributed by atoms with Crippen LogP contribution < -0.4 is 9.47 Å². The quantitative estimate of drug-likeness (QED) is 0.0653. The number of nitrogens with zero attached hydrogens (tertiary/aromatic N) is 2. The third-order valence-electron chi connectivity index (χ3n) is 11.8. The minimum Gasteiger partial charge on any atom is -0.457 e. The lowest BCUT2D eigenvalue weighted by Crippen LogP contribution is -2.35. The van der Waals surface area contributed by atoms with Gasteiger partial charge in [-0.05, 0) is 116 Å². The number of unbranched alkanes of at least 4 members (excludes halogenated alkanes) is 5. The Morgan fingerprint density at radius 1 is 0.538 bits per heavy atom. The van der Waals surface area contributed by atoms with Crippen LogP contribution in [0.3, 0.4) is 0 Å². The molecule has 0 aliphatic heterocycles. The third kappa shape index (κ3) is 9.38. The predicted molar refractivity (Wildman–Crippen MR) is 205 cm³/mol. The van der Waals surface area contributed by atoms with E-state index in [-0.39, 0.29) is 16.8 Å². The molecule has 2 fully saturated rings. The van der Waals surface area contributed by atoms with E-state index >= 15 is 0 Å². The van der Waals surface area contributed by atoms with Gasteiger partial charge in [-0.25, -0.2) is 0 Å². The van der Waals surface area contributed by atoms with Crippen molar-refractivity contribution >= 4 is 11.4 Å². The zero-order chi connectivity index (χ0) is 36.3. The van der Waals surface area contributed by atoms with Crippen molar-refractivity contribution in [2.45, 2.75) is 109 Å². The monoisotopic (exact) mass is 704 g/mol. The van der Waals surface area contributed by atoms with Crippen molar-refractivity contribution in [3.8, 4) is 23.0 Å². The lowest BCUT2D eigenvalue weighted by atomic mass is 9.60. The van der Waals surface area contributed by atoms with Crippen LogP contribution in [0.25, 0.3) is 0 Å². The second-order valence-corrected chi connectivity index (χ2v) is 15.0. The molecule has 4 aromatic rings. The molecule has 52 heavy (non-hydrogen) atoms. The fraction of sp³-hybridized carbons (Fsp3) is 0.455. The van der Waals surface area contributed by atoms with Gasteiger partial charge < -0.3 is 9.47 Å². The van der Waals surface area contributed by atoms with Crippen LogP contribution in [0, 0.1) is 38.0 Å². The van der Waals surface area contributed by atoms with Gasteiger partial charge in [-0.1, -0.05) is 89.0 Å². The third-order valence-corrected chi connectivity index (χ3v) is 11.8. The summed E-state index contributed by atoms with van der Waals surface area (Å²) in [6.45, 7) is 2.28. The maximum absolute atomic E-state index is 11.1. The fourth-order valence-electron chi connectivity index (χ4n) is 8.74. The van der Waals surface area contributed by atoms with Gasteiger partial charge in [-0.15, -0.1) is 0 Å². The van der Waals surface area contributed by atoms with E-state index in [0.717, 1.165) is 30.6 Å². The summed E-state index contributed by atoms with van der Waals surface area (Å²) in [7, 11) is 0. The Morgan fingerprint density at radius 3 is 1.35 bits per heavy atom. The Labute approximate surface area is 307 Å². The van der Waals surface area contributed by atoms with Crippen LogP contribution >= 0.6 is 0 Å². The van der Waals surface area contributed by atoms with Crippen LogP contribution in [-0.4, -0.2) is 9.85 Å². The van der Waals surface area contributed by atoms with Crippen molar-refractivity contribution in [3.05, 3.63) is 128 Å². The van der Waals surface area contributed by atoms with E-state index in [4.69, 9.17) is 9.47 Å². The zero-order valence-corrected chi connectivity index (χ0v) is 30.4. The Bertz CT molecular complexity index is 1620. The van der Waals surface area contributed by atoms with Crippen molar-refractivity contribution in [2.75, 3.05) is 0 Å². The first-order chi connectivity index (χ1) is 25.3. The van der Waals surface area contributed by atoms with Gasteiger partial charge in [0.25, 0.3) is 11.4 Å². The van der Waals surface area contributed by atoms with Crippen LogP contribution in [-0.2, 0) is 5.41 Å². The number of ether oxygens (including phenoxy) is 2. The molecule has 2 saturated carbocycles. The summed E-state index contributed by atoms with van der Waals surface area (Å²) in [5, 5.41) is 22.1. The zero-order valence-electron chi connectivity index (χ0n) is 30.4. The molecule has 0 bridgehead atoms. The molecule has 0 atom stereocenters. The summed E-state index contributed by atoms with van der Waals surface area (Å²) in [6.07, 6.45) is 19.8. The SMILES string of the molecule is CCCCCCCC[C@H]1CC[C@@H](C2CCC(c3ccc(Oc4ccc([N+](=O)[O-])cc4)cc3)(c3ccc(Oc4ccc([N+](=O)[O-])cc4)cc3)CC2)CC1. The number of non-ortho nitro benzene ring substituents is 2. The highest BCUT2D eigenvalue weighted by Crippen LogP contribution is 2.51. The molecular weight excluding hydrogens is 652 g/mol. The van der Waals surface area contributed by atoms with Gasteiger partial charge in [0.15, 0.2) is 0 Å². The Morgan fingerprint density at radius 2 is 0.923 bits per heavy atom. The number of nitro benzene ring substituents is 2. The van der Waals surface area contributed by atoms with E-state index in [1.165, 1.54) is 119 Å². The molecule has 0 amide bonds. The molecule has 0 aromatic heterocycles. The Kier molecular flexibility index (Phi) is 12.6. The first-order valence-corrected chi connectivity index (χ1v) is 19.4. The van der Waals surface area contributed by atoms with E-state index in [2.05, 4.69) is 31.2 Å². The first kappa shape index (κ1) is 37.1. The maximum Gasteiger partial charge on any atom is 0.269 e. The molecule has 8 heteroatoms. The number of hydrogen-bond acceptors (Lipinski definition) is 6. The summed E-state index contributed by atoms with van der Waals surface area (Å²) >= 11 is 0. The summed E-state index contributed by atoms with van der Waals surface area (Å²) in [5.41, 5.74) is 2.43. The first-order valence-electron chi connectivity index (χ1n) is 19.4. The molecule has 274 valence electrons. The molecule has 4 aromatic carbocycles. The Balaban J connectivity index is 1.13. The van der Waals surface area contributed by atoms with Gasteiger partial charge in [0.1, 0.15) is 23.0 Å². The largest absolute Gasteiger partial charge is 0.457 e. The normalized spacial score (nSPS) is 18.8. The minimum atomic E-state index is -0.413. The van der Waals surface area contributed by atoms with E-state index < -0.39 is 9.85 Å². The lowest BCUT2D eigenvalue weighted by molar-refractivity contribution is -0.385. The Hall–Kier alpha value is -4.72. The topological polar surface area (TPSA) is 105 Å². The van der Waals surface area contributed by atoms with Gasteiger partial charge in [0, 0.05) is 29.7 Å². The predicted octanol–water partition coefficient (Wildman–Crippen LogP) is 13.1. The average molecular weight is 705 g/mol. The van der Waals surface area contributed by atoms with Gasteiger partial charge in [0.05, 0.1) is 9.85 Å². The maximum atomic E-state index is 11.1. The number of hydrogen-bond donors (Lipinski definition) is 0. The average Bonchev–Trinajstić information content (AvgIpc) is 3.17. The molecule has 2 aliphatic rings. The molecule has 0 spiro atoms. The molecule has 6 rings (SSSR count). The second kappa shape index (κ2) is 17.7. The van der Waals surface area contributed by atoms with Crippen molar-refractivity contribution in [1.82, 2.24) is 0 Å². The molecule has 8 nitrogen and oxygen atoms in total. The second-order valence-electron chi connectivity index (χ2n) is 15.0. The molecule has 0 heterocycles. The van der Waals surface area contributed by atoms with E-state index in [1.807, 2.05) is 24.3 Å². The lowest BCUT2D eigenvalue weighted by Gasteiger charge is -2.44. The van der Waals surface area contributed by atoms with Crippen LogP contribution in [0.2, 0.25) is 0 Å². The number of nitro groups is 2. The van der Waals surface area contributed by atoms with Crippen LogP contribution in [0.1, 0.15) is 114 Å². The van der Waals surface area contributed by atoms with Crippen molar-refractivity contribution in [3.63, 3.8) is 0 Å². The van der Waals surface area contributed by atoms with Crippen molar-refractivity contribution in [1.29, 1.82) is 0 Å². The minimum absolute atomic E-state index is 0.0330. The molecule has 0 unspecified atom stereocenters. The van der Waals surface area contributed by atoms with Crippen LogP contribution in [0.15, 0.2) is 97.1 Å². The highest BCUT2D eigenvalue weighted by Gasteiger charge is 2.41. The molecule has 0 radical (unpaired) electrons. The molecule has 0 saturated heterocycles. The van der Waals surface area contributed by atoms with Crippen molar-refractivity contribution in [2.24, 2.45) is 17.8 Å². The summed E-state index contributed by atoms with van der Waals surface area (Å²) in [6, 6.07) is 29.0. The van der Waals surface area contributed by atoms with Crippen molar-refractivity contribution < 1.29 is 19.3 Å². The molecule has 2 aliphatic carbocycles. The van der Waals surface area contributed by atoms with E-state index in [1.54, 1.807) is 24.3 Å². The highest BCUT2D eigenvalue weighted by atomic mass is 16.6. The smallest absolute Gasteiger partial charge is 0.269 e. The van der Waals surface area contributed by atoms with E-state index in [0.29, 0.717) is 23.0 Å². The van der Waals surface area contributed by atoms with Gasteiger partial charge in [0.2, 0.25) is 0 Å².